The molecule has 3 aromatic rings. The summed E-state index contributed by atoms with van der Waals surface area (Å²) in [7, 11) is 0. The maximum atomic E-state index is 12.3. The van der Waals surface area contributed by atoms with Crippen LogP contribution < -0.4 is 5.32 Å². The van der Waals surface area contributed by atoms with E-state index >= 15 is 0 Å². The molecule has 1 heterocycles. The molecular weight excluding hydrogens is 417 g/mol. The molecule has 7 nitrogen and oxygen atoms in total. The van der Waals surface area contributed by atoms with E-state index in [2.05, 4.69) is 5.32 Å². The summed E-state index contributed by atoms with van der Waals surface area (Å²) in [4.78, 5) is 22.6. The number of non-ortho nitro benzene ring substituents is 1. The number of halogens is 2. The molecule has 0 spiro atoms. The molecule has 2 aromatic carbocycles. The van der Waals surface area contributed by atoms with Crippen LogP contribution in [-0.2, 0) is 4.79 Å². The van der Waals surface area contributed by atoms with Gasteiger partial charge >= 0.3 is 0 Å². The quantitative estimate of drug-likeness (QED) is 0.242. The highest BCUT2D eigenvalue weighted by molar-refractivity contribution is 6.36. The summed E-state index contributed by atoms with van der Waals surface area (Å²) in [5, 5.41) is 23.5. The number of anilines is 1. The van der Waals surface area contributed by atoms with Gasteiger partial charge in [0.25, 0.3) is 11.6 Å². The number of nitriles is 1. The third-order valence-electron chi connectivity index (χ3n) is 3.79. The van der Waals surface area contributed by atoms with Gasteiger partial charge in [-0.25, -0.2) is 0 Å². The average Bonchev–Trinajstić information content (AvgIpc) is 3.14. The second-order valence-corrected chi connectivity index (χ2v) is 6.60. The Labute approximate surface area is 174 Å². The molecular formula is C20H11Cl2N3O4. The van der Waals surface area contributed by atoms with Gasteiger partial charge in [0.2, 0.25) is 0 Å². The maximum absolute atomic E-state index is 12.3. The van der Waals surface area contributed by atoms with Crippen LogP contribution in [0.4, 0.5) is 11.4 Å². The van der Waals surface area contributed by atoms with Gasteiger partial charge in [-0.1, -0.05) is 29.3 Å². The minimum Gasteiger partial charge on any atom is -0.457 e. The number of hydrogen-bond donors (Lipinski definition) is 1. The fourth-order valence-corrected chi connectivity index (χ4v) is 2.95. The predicted octanol–water partition coefficient (Wildman–Crippen LogP) is 5.71. The smallest absolute Gasteiger partial charge is 0.271 e. The van der Waals surface area contributed by atoms with Crippen LogP contribution in [0.25, 0.3) is 17.4 Å². The molecule has 0 fully saturated rings. The molecule has 0 saturated carbocycles. The molecule has 29 heavy (non-hydrogen) atoms. The Kier molecular flexibility index (Phi) is 5.98. The lowest BCUT2D eigenvalue weighted by molar-refractivity contribution is -0.384. The van der Waals surface area contributed by atoms with Crippen LogP contribution >= 0.6 is 23.2 Å². The number of rotatable bonds is 5. The number of nitro benzene ring substituents is 1. The van der Waals surface area contributed by atoms with Crippen LogP contribution in [0.15, 0.2) is 64.6 Å². The van der Waals surface area contributed by atoms with E-state index in [9.17, 15) is 20.2 Å². The first-order chi connectivity index (χ1) is 13.9. The van der Waals surface area contributed by atoms with Gasteiger partial charge in [-0.2, -0.15) is 5.26 Å². The first kappa shape index (κ1) is 20.1. The first-order valence-corrected chi connectivity index (χ1v) is 8.86. The topological polar surface area (TPSA) is 109 Å². The number of carbonyl (C=O) groups is 1. The van der Waals surface area contributed by atoms with Crippen LogP contribution in [0, 0.1) is 21.4 Å². The van der Waals surface area contributed by atoms with Crippen LogP contribution in [0.5, 0.6) is 0 Å². The largest absolute Gasteiger partial charge is 0.457 e. The Hall–Kier alpha value is -3.60. The van der Waals surface area contributed by atoms with E-state index < -0.39 is 10.8 Å². The molecule has 0 saturated heterocycles. The second kappa shape index (κ2) is 8.61. The maximum Gasteiger partial charge on any atom is 0.271 e. The van der Waals surface area contributed by atoms with Crippen LogP contribution in [0.2, 0.25) is 10.0 Å². The van der Waals surface area contributed by atoms with Gasteiger partial charge in [0, 0.05) is 34.5 Å². The van der Waals surface area contributed by atoms with Crippen molar-refractivity contribution >= 4 is 46.6 Å². The minimum atomic E-state index is -0.726. The van der Waals surface area contributed by atoms with Crippen molar-refractivity contribution in [1.82, 2.24) is 0 Å². The number of furan rings is 1. The van der Waals surface area contributed by atoms with Gasteiger partial charge in [-0.3, -0.25) is 14.9 Å². The molecule has 0 radical (unpaired) electrons. The molecule has 1 amide bonds. The normalized spacial score (nSPS) is 11.0. The number of carbonyl (C=O) groups excluding carboxylic acids is 1. The standard InChI is InChI=1S/C20H11Cl2N3O4/c21-13-4-6-17(18(22)9-13)19-7-5-16(29-19)8-12(11-23)20(26)24-14-2-1-3-15(10-14)25(27)28/h1-10H,(H,24,26)/b12-8+. The van der Waals surface area contributed by atoms with Gasteiger partial charge in [0.05, 0.1) is 9.95 Å². The fraction of sp³-hybridized carbons (Fsp3) is 0. The molecule has 1 N–H and O–H groups in total. The zero-order chi connectivity index (χ0) is 21.0. The van der Waals surface area contributed by atoms with Crippen molar-refractivity contribution in [2.24, 2.45) is 0 Å². The monoisotopic (exact) mass is 427 g/mol. The van der Waals surface area contributed by atoms with Crippen molar-refractivity contribution in [3.05, 3.63) is 86.1 Å². The Morgan fingerprint density at radius 3 is 2.66 bits per heavy atom. The Morgan fingerprint density at radius 1 is 1.17 bits per heavy atom. The number of nitro groups is 1. The number of hydrogen-bond acceptors (Lipinski definition) is 5. The lowest BCUT2D eigenvalue weighted by Gasteiger charge is -2.04. The van der Waals surface area contributed by atoms with Crippen LogP contribution in [0.3, 0.4) is 0 Å². The predicted molar refractivity (Wildman–Crippen MR) is 109 cm³/mol. The minimum absolute atomic E-state index is 0.180. The number of nitrogens with zero attached hydrogens (tertiary/aromatic N) is 2. The van der Waals surface area contributed by atoms with Crippen molar-refractivity contribution in [3.63, 3.8) is 0 Å². The van der Waals surface area contributed by atoms with Crippen molar-refractivity contribution in [3.8, 4) is 17.4 Å². The highest BCUT2D eigenvalue weighted by Crippen LogP contribution is 2.32. The van der Waals surface area contributed by atoms with E-state index in [1.807, 2.05) is 0 Å². The highest BCUT2D eigenvalue weighted by Gasteiger charge is 2.14. The van der Waals surface area contributed by atoms with Crippen molar-refractivity contribution in [1.29, 1.82) is 5.26 Å². The van der Waals surface area contributed by atoms with Crippen molar-refractivity contribution in [2.45, 2.75) is 0 Å². The van der Waals surface area contributed by atoms with Crippen LogP contribution in [-0.4, -0.2) is 10.8 Å². The number of nitrogens with one attached hydrogen (secondary N) is 1. The van der Waals surface area contributed by atoms with E-state index in [1.165, 1.54) is 30.3 Å². The van der Waals surface area contributed by atoms with Gasteiger partial charge in [0.1, 0.15) is 23.2 Å². The van der Waals surface area contributed by atoms with Crippen molar-refractivity contribution in [2.75, 3.05) is 5.32 Å². The molecule has 0 aliphatic heterocycles. The Balaban J connectivity index is 1.82. The zero-order valence-electron chi connectivity index (χ0n) is 14.6. The molecule has 1 aromatic heterocycles. The Bertz CT molecular complexity index is 1180. The van der Waals surface area contributed by atoms with E-state index in [1.54, 1.807) is 36.4 Å². The first-order valence-electron chi connectivity index (χ1n) is 8.10. The lowest BCUT2D eigenvalue weighted by Crippen LogP contribution is -2.13. The molecule has 0 unspecified atom stereocenters. The molecule has 144 valence electrons. The summed E-state index contributed by atoms with van der Waals surface area (Å²) in [6.45, 7) is 0. The van der Waals surface area contributed by atoms with Crippen LogP contribution in [0.1, 0.15) is 5.76 Å². The van der Waals surface area contributed by atoms with Gasteiger partial charge in [0.15, 0.2) is 0 Å². The van der Waals surface area contributed by atoms with Gasteiger partial charge in [-0.15, -0.1) is 0 Å². The summed E-state index contributed by atoms with van der Waals surface area (Å²) >= 11 is 12.0. The van der Waals surface area contributed by atoms with E-state index in [0.717, 1.165) is 0 Å². The summed E-state index contributed by atoms with van der Waals surface area (Å²) in [6.07, 6.45) is 1.26. The summed E-state index contributed by atoms with van der Waals surface area (Å²) in [5.74, 6) is -0.0264. The van der Waals surface area contributed by atoms with Gasteiger partial charge in [-0.05, 0) is 36.4 Å². The summed E-state index contributed by atoms with van der Waals surface area (Å²) in [5.41, 5.74) is 0.383. The fourth-order valence-electron chi connectivity index (χ4n) is 2.45. The third kappa shape index (κ3) is 4.82. The molecule has 0 bridgehead atoms. The molecule has 0 aliphatic rings. The number of amides is 1. The lowest BCUT2D eigenvalue weighted by atomic mass is 10.2. The van der Waals surface area contributed by atoms with Gasteiger partial charge < -0.3 is 9.73 Å². The van der Waals surface area contributed by atoms with E-state index in [4.69, 9.17) is 27.6 Å². The highest BCUT2D eigenvalue weighted by atomic mass is 35.5. The number of benzene rings is 2. The average molecular weight is 428 g/mol. The van der Waals surface area contributed by atoms with E-state index in [0.29, 0.717) is 21.4 Å². The van der Waals surface area contributed by atoms with E-state index in [-0.39, 0.29) is 22.7 Å². The zero-order valence-corrected chi connectivity index (χ0v) is 16.1. The molecule has 9 heteroatoms. The summed E-state index contributed by atoms with van der Waals surface area (Å²) < 4.78 is 5.65. The molecule has 0 atom stereocenters. The van der Waals surface area contributed by atoms with Crippen molar-refractivity contribution < 1.29 is 14.1 Å². The molecule has 0 aliphatic carbocycles. The molecule has 3 rings (SSSR count). The Morgan fingerprint density at radius 2 is 1.97 bits per heavy atom. The third-order valence-corrected chi connectivity index (χ3v) is 4.34. The summed E-state index contributed by atoms with van der Waals surface area (Å²) in [6, 6.07) is 15.3. The SMILES string of the molecule is N#C/C(=C\c1ccc(-c2ccc(Cl)cc2Cl)o1)C(=O)Nc1cccc([N+](=O)[O-])c1. The second-order valence-electron chi connectivity index (χ2n) is 5.76.